The first-order chi connectivity index (χ1) is 8.16. The van der Waals surface area contributed by atoms with E-state index in [1.54, 1.807) is 0 Å². The van der Waals surface area contributed by atoms with Crippen molar-refractivity contribution in [1.29, 1.82) is 0 Å². The highest BCUT2D eigenvalue weighted by molar-refractivity contribution is 7.09. The van der Waals surface area contributed by atoms with Gasteiger partial charge in [-0.1, -0.05) is 19.9 Å². The summed E-state index contributed by atoms with van der Waals surface area (Å²) >= 11 is 1.83. The van der Waals surface area contributed by atoms with Crippen molar-refractivity contribution in [3.63, 3.8) is 0 Å². The van der Waals surface area contributed by atoms with Crippen LogP contribution in [-0.4, -0.2) is 31.1 Å². The molecule has 0 amide bonds. The minimum Gasteiger partial charge on any atom is -0.311 e. The predicted octanol–water partition coefficient (Wildman–Crippen LogP) is 2.96. The predicted molar refractivity (Wildman–Crippen MR) is 75.5 cm³/mol. The summed E-state index contributed by atoms with van der Waals surface area (Å²) in [6, 6.07) is 4.31. The van der Waals surface area contributed by atoms with E-state index in [1.165, 1.54) is 37.4 Å². The molecule has 0 spiro atoms. The molecule has 96 valence electrons. The third-order valence-corrected chi connectivity index (χ3v) is 4.57. The van der Waals surface area contributed by atoms with Crippen LogP contribution in [-0.2, 0) is 6.54 Å². The Bertz CT molecular complexity index is 309. The summed E-state index contributed by atoms with van der Waals surface area (Å²) in [7, 11) is 0. The summed E-state index contributed by atoms with van der Waals surface area (Å²) in [6.07, 6.45) is 2.69. The largest absolute Gasteiger partial charge is 0.311 e. The van der Waals surface area contributed by atoms with Crippen molar-refractivity contribution in [2.24, 2.45) is 5.41 Å². The number of thiophene rings is 1. The fourth-order valence-electron chi connectivity index (χ4n) is 2.24. The van der Waals surface area contributed by atoms with Gasteiger partial charge in [-0.3, -0.25) is 0 Å². The highest BCUT2D eigenvalue weighted by atomic mass is 32.1. The van der Waals surface area contributed by atoms with Crippen molar-refractivity contribution in [3.8, 4) is 0 Å². The van der Waals surface area contributed by atoms with E-state index in [0.717, 1.165) is 13.1 Å². The Morgan fingerprint density at radius 2 is 2.12 bits per heavy atom. The molecule has 1 aromatic heterocycles. The smallest absolute Gasteiger partial charge is 0.0300 e. The Hall–Kier alpha value is -0.380. The molecular weight excluding hydrogens is 228 g/mol. The van der Waals surface area contributed by atoms with E-state index in [0.29, 0.717) is 5.41 Å². The minimum absolute atomic E-state index is 0.570. The summed E-state index contributed by atoms with van der Waals surface area (Å²) < 4.78 is 0. The normalized spacial score (nSPS) is 20.6. The van der Waals surface area contributed by atoms with Crippen LogP contribution >= 0.6 is 11.3 Å². The van der Waals surface area contributed by atoms with Crippen LogP contribution in [0.2, 0.25) is 0 Å². The first-order valence-corrected chi connectivity index (χ1v) is 7.49. The maximum absolute atomic E-state index is 3.52. The lowest BCUT2D eigenvalue weighted by Crippen LogP contribution is -2.40. The molecule has 1 fully saturated rings. The van der Waals surface area contributed by atoms with Gasteiger partial charge in [-0.2, -0.15) is 0 Å². The van der Waals surface area contributed by atoms with Gasteiger partial charge in [0.2, 0.25) is 0 Å². The minimum atomic E-state index is 0.570. The van der Waals surface area contributed by atoms with Gasteiger partial charge in [0.15, 0.2) is 0 Å². The van der Waals surface area contributed by atoms with Crippen LogP contribution in [0.5, 0.6) is 0 Å². The standard InChI is InChI=1S/C14H24N2S/c1-14(2)5-8-16(9-6-14)10-7-15-12-13-4-3-11-17-13/h3-4,11,15H,5-10,12H2,1-2H3. The van der Waals surface area contributed by atoms with Crippen LogP contribution in [0.1, 0.15) is 31.6 Å². The molecule has 0 aliphatic carbocycles. The topological polar surface area (TPSA) is 15.3 Å². The van der Waals surface area contributed by atoms with E-state index in [9.17, 15) is 0 Å². The Labute approximate surface area is 109 Å². The number of likely N-dealkylation sites (tertiary alicyclic amines) is 1. The van der Waals surface area contributed by atoms with Crippen LogP contribution in [0.15, 0.2) is 17.5 Å². The van der Waals surface area contributed by atoms with Crippen molar-refractivity contribution in [3.05, 3.63) is 22.4 Å². The third kappa shape index (κ3) is 4.41. The summed E-state index contributed by atoms with van der Waals surface area (Å²) in [6.45, 7) is 10.6. The van der Waals surface area contributed by atoms with Gasteiger partial charge in [0, 0.05) is 24.5 Å². The summed E-state index contributed by atoms with van der Waals surface area (Å²) in [4.78, 5) is 4.02. The highest BCUT2D eigenvalue weighted by Gasteiger charge is 2.24. The number of rotatable bonds is 5. The maximum atomic E-state index is 3.52. The van der Waals surface area contributed by atoms with Gasteiger partial charge in [-0.25, -0.2) is 0 Å². The number of nitrogens with one attached hydrogen (secondary N) is 1. The van der Waals surface area contributed by atoms with Gasteiger partial charge in [-0.05, 0) is 42.8 Å². The van der Waals surface area contributed by atoms with Crippen LogP contribution < -0.4 is 5.32 Å². The molecule has 1 aromatic rings. The van der Waals surface area contributed by atoms with Gasteiger partial charge in [0.25, 0.3) is 0 Å². The van der Waals surface area contributed by atoms with Gasteiger partial charge in [-0.15, -0.1) is 11.3 Å². The molecule has 0 radical (unpaired) electrons. The fraction of sp³-hybridized carbons (Fsp3) is 0.714. The van der Waals surface area contributed by atoms with Crippen LogP contribution in [0.3, 0.4) is 0 Å². The van der Waals surface area contributed by atoms with E-state index in [2.05, 4.69) is 41.6 Å². The van der Waals surface area contributed by atoms with E-state index >= 15 is 0 Å². The van der Waals surface area contributed by atoms with Crippen molar-refractivity contribution in [2.75, 3.05) is 26.2 Å². The van der Waals surface area contributed by atoms with E-state index < -0.39 is 0 Å². The highest BCUT2D eigenvalue weighted by Crippen LogP contribution is 2.29. The average Bonchev–Trinajstić information content (AvgIpc) is 2.79. The summed E-state index contributed by atoms with van der Waals surface area (Å²) in [5.74, 6) is 0. The Balaban J connectivity index is 1.57. The second-order valence-corrected chi connectivity index (χ2v) is 6.79. The average molecular weight is 252 g/mol. The summed E-state index contributed by atoms with van der Waals surface area (Å²) in [5.41, 5.74) is 0.570. The molecule has 0 bridgehead atoms. The Morgan fingerprint density at radius 3 is 2.76 bits per heavy atom. The van der Waals surface area contributed by atoms with Crippen molar-refractivity contribution in [1.82, 2.24) is 10.2 Å². The molecule has 2 heterocycles. The van der Waals surface area contributed by atoms with Crippen LogP contribution in [0, 0.1) is 5.41 Å². The van der Waals surface area contributed by atoms with Gasteiger partial charge in [0.05, 0.1) is 0 Å². The van der Waals surface area contributed by atoms with E-state index in [-0.39, 0.29) is 0 Å². The number of hydrogen-bond donors (Lipinski definition) is 1. The zero-order chi connectivity index (χ0) is 12.1. The molecule has 0 aromatic carbocycles. The molecule has 1 aliphatic rings. The molecular formula is C14H24N2S. The Morgan fingerprint density at radius 1 is 1.35 bits per heavy atom. The van der Waals surface area contributed by atoms with Crippen LogP contribution in [0.25, 0.3) is 0 Å². The lowest BCUT2D eigenvalue weighted by Gasteiger charge is -2.36. The monoisotopic (exact) mass is 252 g/mol. The quantitative estimate of drug-likeness (QED) is 0.811. The molecule has 2 nitrogen and oxygen atoms in total. The number of hydrogen-bond acceptors (Lipinski definition) is 3. The zero-order valence-corrected chi connectivity index (χ0v) is 11.9. The fourth-order valence-corrected chi connectivity index (χ4v) is 2.92. The molecule has 1 saturated heterocycles. The SMILES string of the molecule is CC1(C)CCN(CCNCc2cccs2)CC1. The van der Waals surface area contributed by atoms with Crippen molar-refractivity contribution in [2.45, 2.75) is 33.2 Å². The second kappa shape index (κ2) is 5.98. The third-order valence-electron chi connectivity index (χ3n) is 3.69. The second-order valence-electron chi connectivity index (χ2n) is 5.76. The zero-order valence-electron chi connectivity index (χ0n) is 11.0. The van der Waals surface area contributed by atoms with Crippen molar-refractivity contribution < 1.29 is 0 Å². The lowest BCUT2D eigenvalue weighted by molar-refractivity contribution is 0.133. The van der Waals surface area contributed by atoms with E-state index in [1.807, 2.05) is 11.3 Å². The Kier molecular flexibility index (Phi) is 4.60. The molecule has 1 aliphatic heterocycles. The van der Waals surface area contributed by atoms with Gasteiger partial charge >= 0.3 is 0 Å². The molecule has 17 heavy (non-hydrogen) atoms. The first-order valence-electron chi connectivity index (χ1n) is 6.61. The molecule has 0 unspecified atom stereocenters. The molecule has 2 rings (SSSR count). The lowest BCUT2D eigenvalue weighted by atomic mass is 9.83. The first kappa shape index (κ1) is 13.1. The summed E-state index contributed by atoms with van der Waals surface area (Å²) in [5, 5.41) is 5.67. The van der Waals surface area contributed by atoms with E-state index in [4.69, 9.17) is 0 Å². The molecule has 0 atom stereocenters. The van der Waals surface area contributed by atoms with Gasteiger partial charge < -0.3 is 10.2 Å². The van der Waals surface area contributed by atoms with Gasteiger partial charge in [0.1, 0.15) is 0 Å². The molecule has 3 heteroatoms. The van der Waals surface area contributed by atoms with Crippen molar-refractivity contribution >= 4 is 11.3 Å². The maximum Gasteiger partial charge on any atom is 0.0300 e. The molecule has 1 N–H and O–H groups in total. The van der Waals surface area contributed by atoms with Crippen LogP contribution in [0.4, 0.5) is 0 Å². The number of piperidine rings is 1. The number of nitrogens with zero attached hydrogens (tertiary/aromatic N) is 1. The molecule has 0 saturated carbocycles.